The van der Waals surface area contributed by atoms with Crippen LogP contribution in [0.2, 0.25) is 0 Å². The maximum Gasteiger partial charge on any atom is 0.380 e. The maximum atomic E-state index is 11.7. The molecule has 0 saturated heterocycles. The lowest BCUT2D eigenvalue weighted by atomic mass is 10.1. The third kappa shape index (κ3) is 4.83. The Balaban J connectivity index is 2.71. The second kappa shape index (κ2) is 8.38. The van der Waals surface area contributed by atoms with Gasteiger partial charge in [-0.2, -0.15) is 0 Å². The van der Waals surface area contributed by atoms with E-state index in [2.05, 4.69) is 14.8 Å². The first-order valence-electron chi connectivity index (χ1n) is 6.19. The Morgan fingerprint density at radius 2 is 2.19 bits per heavy atom. The summed E-state index contributed by atoms with van der Waals surface area (Å²) in [6.45, 7) is 1.74. The van der Waals surface area contributed by atoms with E-state index in [1.54, 1.807) is 6.92 Å². The van der Waals surface area contributed by atoms with Crippen LogP contribution >= 0.6 is 11.3 Å². The second-order valence-corrected chi connectivity index (χ2v) is 5.12. The quantitative estimate of drug-likeness (QED) is 0.188. The average molecular weight is 313 g/mol. The summed E-state index contributed by atoms with van der Waals surface area (Å²) in [6.07, 6.45) is -2.25. The number of aliphatic hydroxyl groups excluding tert-OH is 2. The number of azide groups is 1. The zero-order chi connectivity index (χ0) is 15.8. The van der Waals surface area contributed by atoms with E-state index < -0.39 is 24.0 Å². The first-order valence-corrected chi connectivity index (χ1v) is 7.01. The molecule has 0 fully saturated rings. The van der Waals surface area contributed by atoms with Crippen LogP contribution in [0.3, 0.4) is 0 Å². The van der Waals surface area contributed by atoms with Crippen molar-refractivity contribution in [1.29, 1.82) is 0 Å². The standard InChI is InChI=1S/C12H15N3O5S/c1-2-20-12(19)11(18)9-4-3-8(21-9)10(17)7(16)5-6-14-15-13/h3-4,7,10,16-17H,2,5-6H2,1H3. The molecule has 0 aromatic carbocycles. The van der Waals surface area contributed by atoms with Crippen LogP contribution in [-0.4, -0.2) is 41.2 Å². The summed E-state index contributed by atoms with van der Waals surface area (Å²) >= 11 is 0.907. The summed E-state index contributed by atoms with van der Waals surface area (Å²) in [5.41, 5.74) is 8.13. The number of rotatable bonds is 8. The number of esters is 1. The van der Waals surface area contributed by atoms with E-state index in [0.29, 0.717) is 4.88 Å². The Kier molecular flexibility index (Phi) is 6.83. The molecule has 8 nitrogen and oxygen atoms in total. The predicted molar refractivity (Wildman–Crippen MR) is 74.9 cm³/mol. The van der Waals surface area contributed by atoms with Crippen LogP contribution in [0.15, 0.2) is 17.2 Å². The van der Waals surface area contributed by atoms with Crippen LogP contribution in [-0.2, 0) is 9.53 Å². The molecule has 21 heavy (non-hydrogen) atoms. The molecule has 2 atom stereocenters. The number of hydrogen-bond donors (Lipinski definition) is 2. The van der Waals surface area contributed by atoms with Crippen molar-refractivity contribution in [3.8, 4) is 0 Å². The Morgan fingerprint density at radius 3 is 2.81 bits per heavy atom. The van der Waals surface area contributed by atoms with Crippen LogP contribution in [0.4, 0.5) is 0 Å². The van der Waals surface area contributed by atoms with Gasteiger partial charge in [0.1, 0.15) is 6.10 Å². The molecule has 0 spiro atoms. The van der Waals surface area contributed by atoms with E-state index in [9.17, 15) is 19.8 Å². The third-order valence-electron chi connectivity index (χ3n) is 2.56. The van der Waals surface area contributed by atoms with Gasteiger partial charge in [0.05, 0.1) is 17.6 Å². The minimum absolute atomic E-state index is 0.0503. The molecule has 2 unspecified atom stereocenters. The predicted octanol–water partition coefficient (Wildman–Crippen LogP) is 1.59. The lowest BCUT2D eigenvalue weighted by molar-refractivity contribution is -0.137. The molecule has 1 aromatic heterocycles. The van der Waals surface area contributed by atoms with Crippen LogP contribution in [0.25, 0.3) is 10.4 Å². The van der Waals surface area contributed by atoms with E-state index >= 15 is 0 Å². The van der Waals surface area contributed by atoms with E-state index in [0.717, 1.165) is 11.3 Å². The van der Waals surface area contributed by atoms with Gasteiger partial charge in [-0.05, 0) is 31.0 Å². The topological polar surface area (TPSA) is 133 Å². The normalized spacial score (nSPS) is 13.1. The molecule has 2 N–H and O–H groups in total. The largest absolute Gasteiger partial charge is 0.460 e. The van der Waals surface area contributed by atoms with Crippen LogP contribution in [0.5, 0.6) is 0 Å². The van der Waals surface area contributed by atoms with Crippen molar-refractivity contribution < 1.29 is 24.5 Å². The molecule has 1 aromatic rings. The van der Waals surface area contributed by atoms with Crippen LogP contribution in [0, 0.1) is 0 Å². The van der Waals surface area contributed by atoms with Gasteiger partial charge in [-0.25, -0.2) is 4.79 Å². The highest BCUT2D eigenvalue weighted by Gasteiger charge is 2.24. The highest BCUT2D eigenvalue weighted by molar-refractivity contribution is 7.14. The van der Waals surface area contributed by atoms with Gasteiger partial charge in [0.25, 0.3) is 5.78 Å². The van der Waals surface area contributed by atoms with E-state index in [-0.39, 0.29) is 24.4 Å². The number of hydrogen-bond acceptors (Lipinski definition) is 7. The first kappa shape index (κ1) is 17.1. The fourth-order valence-electron chi connectivity index (χ4n) is 1.51. The van der Waals surface area contributed by atoms with Crippen molar-refractivity contribution in [1.82, 2.24) is 0 Å². The number of nitrogens with zero attached hydrogens (tertiary/aromatic N) is 3. The van der Waals surface area contributed by atoms with Gasteiger partial charge in [0, 0.05) is 16.3 Å². The van der Waals surface area contributed by atoms with Gasteiger partial charge in [0.15, 0.2) is 0 Å². The fraction of sp³-hybridized carbons (Fsp3) is 0.500. The molecule has 1 rings (SSSR count). The molecular weight excluding hydrogens is 298 g/mol. The highest BCUT2D eigenvalue weighted by atomic mass is 32.1. The molecular formula is C12H15N3O5S. The number of carbonyl (C=O) groups excluding carboxylic acids is 2. The molecule has 9 heteroatoms. The lowest BCUT2D eigenvalue weighted by Gasteiger charge is -2.15. The number of ketones is 1. The smallest absolute Gasteiger partial charge is 0.380 e. The zero-order valence-corrected chi connectivity index (χ0v) is 12.1. The molecule has 0 saturated carbocycles. The molecule has 0 aliphatic heterocycles. The number of ether oxygens (including phenoxy) is 1. The van der Waals surface area contributed by atoms with Gasteiger partial charge >= 0.3 is 5.97 Å². The Bertz CT molecular complexity index is 553. The second-order valence-electron chi connectivity index (χ2n) is 4.01. The summed E-state index contributed by atoms with van der Waals surface area (Å²) in [5.74, 6) is -1.74. The van der Waals surface area contributed by atoms with Crippen molar-refractivity contribution in [2.24, 2.45) is 5.11 Å². The summed E-state index contributed by atoms with van der Waals surface area (Å²) in [6, 6.07) is 2.85. The van der Waals surface area contributed by atoms with Crippen molar-refractivity contribution in [3.63, 3.8) is 0 Å². The lowest BCUT2D eigenvalue weighted by Crippen LogP contribution is -2.18. The van der Waals surface area contributed by atoms with Gasteiger partial charge in [-0.1, -0.05) is 5.11 Å². The maximum absolute atomic E-state index is 11.7. The molecule has 0 aliphatic carbocycles. The minimum atomic E-state index is -1.22. The van der Waals surface area contributed by atoms with Gasteiger partial charge in [-0.3, -0.25) is 4.79 Å². The van der Waals surface area contributed by atoms with Crippen LogP contribution in [0.1, 0.15) is 34.0 Å². The number of aliphatic hydroxyl groups is 2. The summed E-state index contributed by atoms with van der Waals surface area (Å²) in [7, 11) is 0. The number of carbonyl (C=O) groups is 2. The van der Waals surface area contributed by atoms with E-state index in [1.165, 1.54) is 12.1 Å². The molecule has 0 amide bonds. The average Bonchev–Trinajstić information content (AvgIpc) is 2.95. The highest BCUT2D eigenvalue weighted by Crippen LogP contribution is 2.27. The van der Waals surface area contributed by atoms with Crippen molar-refractivity contribution >= 4 is 23.1 Å². The minimum Gasteiger partial charge on any atom is -0.460 e. The Labute approximate surface area is 124 Å². The molecule has 0 aliphatic rings. The van der Waals surface area contributed by atoms with Gasteiger partial charge in [0.2, 0.25) is 0 Å². The number of Topliss-reactive ketones (excluding diaryl/α,β-unsaturated/α-hetero) is 1. The van der Waals surface area contributed by atoms with Gasteiger partial charge < -0.3 is 14.9 Å². The first-order chi connectivity index (χ1) is 10.0. The monoisotopic (exact) mass is 313 g/mol. The summed E-state index contributed by atoms with van der Waals surface area (Å²) < 4.78 is 4.60. The zero-order valence-electron chi connectivity index (χ0n) is 11.3. The van der Waals surface area contributed by atoms with Crippen LogP contribution < -0.4 is 0 Å². The molecule has 0 bridgehead atoms. The Hall–Kier alpha value is -1.93. The molecule has 1 heterocycles. The molecule has 0 radical (unpaired) electrons. The summed E-state index contributed by atoms with van der Waals surface area (Å²) in [5, 5.41) is 22.9. The number of thiophene rings is 1. The van der Waals surface area contributed by atoms with E-state index in [1.807, 2.05) is 0 Å². The van der Waals surface area contributed by atoms with Crippen molar-refractivity contribution in [2.45, 2.75) is 25.6 Å². The fourth-order valence-corrected chi connectivity index (χ4v) is 2.49. The van der Waals surface area contributed by atoms with Crippen molar-refractivity contribution in [2.75, 3.05) is 13.2 Å². The van der Waals surface area contributed by atoms with Crippen molar-refractivity contribution in [3.05, 3.63) is 32.3 Å². The summed E-state index contributed by atoms with van der Waals surface area (Å²) in [4.78, 5) is 26.0. The SMILES string of the molecule is CCOC(=O)C(=O)c1ccc(C(O)C(O)CCN=[N+]=[N-])s1. The molecule has 114 valence electrons. The third-order valence-corrected chi connectivity index (χ3v) is 3.71. The van der Waals surface area contributed by atoms with Gasteiger partial charge in [-0.15, -0.1) is 11.3 Å². The Morgan fingerprint density at radius 1 is 1.48 bits per heavy atom. The van der Waals surface area contributed by atoms with E-state index in [4.69, 9.17) is 5.53 Å².